The van der Waals surface area contributed by atoms with E-state index in [0.29, 0.717) is 6.54 Å². The molecule has 2 aromatic rings. The smallest absolute Gasteiger partial charge is 0.260 e. The normalized spacial score (nSPS) is 11.8. The molecule has 1 aromatic carbocycles. The van der Waals surface area contributed by atoms with Crippen molar-refractivity contribution in [1.29, 1.82) is 0 Å². The van der Waals surface area contributed by atoms with Gasteiger partial charge in [0.15, 0.2) is 0 Å². The van der Waals surface area contributed by atoms with Gasteiger partial charge >= 0.3 is 0 Å². The molecule has 19 heavy (non-hydrogen) atoms. The third-order valence-electron chi connectivity index (χ3n) is 3.00. The lowest BCUT2D eigenvalue weighted by molar-refractivity contribution is 0.0950. The van der Waals surface area contributed by atoms with Crippen LogP contribution >= 0.6 is 0 Å². The zero-order valence-corrected chi connectivity index (χ0v) is 10.7. The van der Waals surface area contributed by atoms with E-state index in [1.165, 1.54) is 12.3 Å². The Labute approximate surface area is 111 Å². The summed E-state index contributed by atoms with van der Waals surface area (Å²) in [5.41, 5.74) is 0.930. The van der Waals surface area contributed by atoms with Crippen molar-refractivity contribution in [3.05, 3.63) is 70.1 Å². The van der Waals surface area contributed by atoms with Crippen LogP contribution in [0.2, 0.25) is 0 Å². The Bertz CT molecular complexity index is 605. The molecule has 0 radical (unpaired) electrons. The number of aromatic amines is 1. The molecule has 0 saturated carbocycles. The molecule has 0 unspecified atom stereocenters. The summed E-state index contributed by atoms with van der Waals surface area (Å²) >= 11 is 0. The minimum absolute atomic E-state index is 0.141. The minimum atomic E-state index is -0.368. The highest BCUT2D eigenvalue weighted by molar-refractivity contribution is 5.93. The zero-order valence-electron chi connectivity index (χ0n) is 10.7. The Balaban J connectivity index is 1.98. The maximum atomic E-state index is 11.9. The monoisotopic (exact) mass is 256 g/mol. The average Bonchev–Trinajstić information content (AvgIpc) is 2.46. The lowest BCUT2D eigenvalue weighted by Gasteiger charge is -2.12. The number of pyridine rings is 1. The molecule has 0 spiro atoms. The maximum Gasteiger partial charge on any atom is 0.260 e. The molecule has 0 saturated heterocycles. The summed E-state index contributed by atoms with van der Waals surface area (Å²) in [6.45, 7) is 2.53. The van der Waals surface area contributed by atoms with Gasteiger partial charge in [-0.3, -0.25) is 9.59 Å². The van der Waals surface area contributed by atoms with Crippen LogP contribution < -0.4 is 10.9 Å². The van der Waals surface area contributed by atoms with E-state index in [1.807, 2.05) is 37.3 Å². The summed E-state index contributed by atoms with van der Waals surface area (Å²) in [6.07, 6.45) is 1.51. The van der Waals surface area contributed by atoms with Crippen molar-refractivity contribution >= 4 is 5.91 Å². The van der Waals surface area contributed by atoms with Crippen LogP contribution in [0.5, 0.6) is 0 Å². The SMILES string of the molecule is C[C@@H](CNC(=O)c1ccc[nH]c1=O)c1ccccc1. The van der Waals surface area contributed by atoms with Gasteiger partial charge in [0.1, 0.15) is 5.56 Å². The fourth-order valence-electron chi connectivity index (χ4n) is 1.84. The van der Waals surface area contributed by atoms with Gasteiger partial charge in [-0.2, -0.15) is 0 Å². The number of nitrogens with one attached hydrogen (secondary N) is 2. The van der Waals surface area contributed by atoms with Crippen LogP contribution in [-0.2, 0) is 0 Å². The number of carbonyl (C=O) groups excluding carboxylic acids is 1. The Morgan fingerprint density at radius 1 is 1.21 bits per heavy atom. The Morgan fingerprint density at radius 2 is 1.95 bits per heavy atom. The fourth-order valence-corrected chi connectivity index (χ4v) is 1.84. The van der Waals surface area contributed by atoms with Crippen LogP contribution in [0.3, 0.4) is 0 Å². The van der Waals surface area contributed by atoms with Gasteiger partial charge in [0, 0.05) is 12.7 Å². The highest BCUT2D eigenvalue weighted by Gasteiger charge is 2.11. The van der Waals surface area contributed by atoms with Gasteiger partial charge in [0.2, 0.25) is 0 Å². The number of rotatable bonds is 4. The molecule has 98 valence electrons. The summed E-state index contributed by atoms with van der Waals surface area (Å²) in [5.74, 6) is -0.141. The number of aromatic nitrogens is 1. The second kappa shape index (κ2) is 6.00. The molecular formula is C15H16N2O2. The summed E-state index contributed by atoms with van der Waals surface area (Å²) in [5, 5.41) is 2.78. The van der Waals surface area contributed by atoms with E-state index in [-0.39, 0.29) is 22.9 Å². The van der Waals surface area contributed by atoms with Crippen molar-refractivity contribution in [2.75, 3.05) is 6.54 Å². The van der Waals surface area contributed by atoms with E-state index >= 15 is 0 Å². The van der Waals surface area contributed by atoms with Crippen molar-refractivity contribution < 1.29 is 4.79 Å². The van der Waals surface area contributed by atoms with E-state index in [2.05, 4.69) is 10.3 Å². The fraction of sp³-hybridized carbons (Fsp3) is 0.200. The highest BCUT2D eigenvalue weighted by atomic mass is 16.2. The summed E-state index contributed by atoms with van der Waals surface area (Å²) in [6, 6.07) is 13.1. The number of hydrogen-bond donors (Lipinski definition) is 2. The molecule has 2 rings (SSSR count). The molecule has 0 bridgehead atoms. The van der Waals surface area contributed by atoms with Crippen molar-refractivity contribution in [3.8, 4) is 0 Å². The maximum absolute atomic E-state index is 11.9. The number of carbonyl (C=O) groups is 1. The van der Waals surface area contributed by atoms with Crippen molar-refractivity contribution in [2.45, 2.75) is 12.8 Å². The van der Waals surface area contributed by atoms with Crippen LogP contribution in [0.15, 0.2) is 53.5 Å². The van der Waals surface area contributed by atoms with Crippen LogP contribution in [0.1, 0.15) is 28.8 Å². The summed E-state index contributed by atoms with van der Waals surface area (Å²) in [7, 11) is 0. The summed E-state index contributed by atoms with van der Waals surface area (Å²) < 4.78 is 0. The van der Waals surface area contributed by atoms with Gasteiger partial charge in [-0.15, -0.1) is 0 Å². The first-order valence-electron chi connectivity index (χ1n) is 6.19. The standard InChI is InChI=1S/C15H16N2O2/c1-11(12-6-3-2-4-7-12)10-17-15(19)13-8-5-9-16-14(13)18/h2-9,11H,10H2,1H3,(H,16,18)(H,17,19)/t11-/m0/s1. The Kier molecular flexibility index (Phi) is 4.13. The van der Waals surface area contributed by atoms with Gasteiger partial charge in [-0.05, 0) is 23.6 Å². The second-order valence-electron chi connectivity index (χ2n) is 4.43. The molecule has 4 nitrogen and oxygen atoms in total. The predicted octanol–water partition coefficient (Wildman–Crippen LogP) is 1.91. The number of benzene rings is 1. The van der Waals surface area contributed by atoms with Crippen molar-refractivity contribution in [2.24, 2.45) is 0 Å². The third-order valence-corrected chi connectivity index (χ3v) is 3.00. The molecule has 0 aliphatic carbocycles. The molecule has 1 heterocycles. The minimum Gasteiger partial charge on any atom is -0.351 e. The summed E-state index contributed by atoms with van der Waals surface area (Å²) in [4.78, 5) is 25.8. The molecular weight excluding hydrogens is 240 g/mol. The van der Waals surface area contributed by atoms with Gasteiger partial charge in [0.25, 0.3) is 11.5 Å². The lowest BCUT2D eigenvalue weighted by Crippen LogP contribution is -2.31. The molecule has 2 N–H and O–H groups in total. The van der Waals surface area contributed by atoms with Crippen molar-refractivity contribution in [3.63, 3.8) is 0 Å². The molecule has 4 heteroatoms. The van der Waals surface area contributed by atoms with Gasteiger partial charge < -0.3 is 10.3 Å². The Morgan fingerprint density at radius 3 is 2.63 bits per heavy atom. The molecule has 0 fully saturated rings. The molecule has 1 aromatic heterocycles. The van der Waals surface area contributed by atoms with E-state index < -0.39 is 0 Å². The second-order valence-corrected chi connectivity index (χ2v) is 4.43. The quantitative estimate of drug-likeness (QED) is 0.877. The third kappa shape index (κ3) is 3.31. The van der Waals surface area contributed by atoms with E-state index in [4.69, 9.17) is 0 Å². The van der Waals surface area contributed by atoms with Gasteiger partial charge in [-0.1, -0.05) is 37.3 Å². The molecule has 1 amide bonds. The number of hydrogen-bond acceptors (Lipinski definition) is 2. The van der Waals surface area contributed by atoms with Crippen molar-refractivity contribution in [1.82, 2.24) is 10.3 Å². The molecule has 1 atom stereocenters. The Hall–Kier alpha value is -2.36. The predicted molar refractivity (Wildman–Crippen MR) is 74.3 cm³/mol. The topological polar surface area (TPSA) is 62.0 Å². The number of amides is 1. The van der Waals surface area contributed by atoms with E-state index in [1.54, 1.807) is 6.07 Å². The first-order valence-corrected chi connectivity index (χ1v) is 6.19. The highest BCUT2D eigenvalue weighted by Crippen LogP contribution is 2.12. The average molecular weight is 256 g/mol. The van der Waals surface area contributed by atoms with Crippen LogP contribution in [0.25, 0.3) is 0 Å². The largest absolute Gasteiger partial charge is 0.351 e. The van der Waals surface area contributed by atoms with Gasteiger partial charge in [-0.25, -0.2) is 0 Å². The lowest BCUT2D eigenvalue weighted by atomic mass is 10.0. The molecule has 0 aliphatic heterocycles. The first-order chi connectivity index (χ1) is 9.18. The van der Waals surface area contributed by atoms with Crippen LogP contribution in [0.4, 0.5) is 0 Å². The molecule has 0 aliphatic rings. The van der Waals surface area contributed by atoms with E-state index in [9.17, 15) is 9.59 Å². The van der Waals surface area contributed by atoms with E-state index in [0.717, 1.165) is 5.56 Å². The van der Waals surface area contributed by atoms with Gasteiger partial charge in [0.05, 0.1) is 0 Å². The first kappa shape index (κ1) is 13.1. The van der Waals surface area contributed by atoms with Crippen LogP contribution in [0, 0.1) is 0 Å². The number of H-pyrrole nitrogens is 1. The zero-order chi connectivity index (χ0) is 13.7. The van der Waals surface area contributed by atoms with Crippen LogP contribution in [-0.4, -0.2) is 17.4 Å².